The lowest BCUT2D eigenvalue weighted by atomic mass is 9.81. The Kier molecular flexibility index (Phi) is 3.51. The summed E-state index contributed by atoms with van der Waals surface area (Å²) >= 11 is 0. The Morgan fingerprint density at radius 3 is 2.38 bits per heavy atom. The third-order valence-corrected chi connectivity index (χ3v) is 5.59. The number of rotatable bonds is 3. The van der Waals surface area contributed by atoms with Gasteiger partial charge in [-0.15, -0.1) is 0 Å². The lowest BCUT2D eigenvalue weighted by Crippen LogP contribution is -2.74. The van der Waals surface area contributed by atoms with Gasteiger partial charge >= 0.3 is 0 Å². The van der Waals surface area contributed by atoms with Crippen LogP contribution in [0.15, 0.2) is 0 Å². The summed E-state index contributed by atoms with van der Waals surface area (Å²) in [5.74, 6) is 0.428. The average molecular weight is 294 g/mol. The molecule has 2 atom stereocenters. The van der Waals surface area contributed by atoms with Gasteiger partial charge in [-0.3, -0.25) is 9.59 Å². The highest BCUT2D eigenvalue weighted by atomic mass is 16.5. The highest BCUT2D eigenvalue weighted by Gasteiger charge is 2.58. The van der Waals surface area contributed by atoms with Crippen LogP contribution in [0.4, 0.5) is 0 Å². The number of hydrogen-bond donors (Lipinski definition) is 1. The molecule has 0 aromatic carbocycles. The number of nitrogens with one attached hydrogen (secondary N) is 1. The summed E-state index contributed by atoms with van der Waals surface area (Å²) < 4.78 is 5.46. The number of amides is 2. The minimum absolute atomic E-state index is 0.0132. The Hall–Kier alpha value is -1.10. The van der Waals surface area contributed by atoms with E-state index >= 15 is 0 Å². The molecule has 2 unspecified atom stereocenters. The number of ether oxygens (including phenoxy) is 1. The molecule has 0 aromatic rings. The Morgan fingerprint density at radius 1 is 1.24 bits per heavy atom. The van der Waals surface area contributed by atoms with Crippen molar-refractivity contribution in [2.24, 2.45) is 5.92 Å². The summed E-state index contributed by atoms with van der Waals surface area (Å²) in [6.45, 7) is 7.33. The summed E-state index contributed by atoms with van der Waals surface area (Å²) in [6.07, 6.45) is 4.35. The Morgan fingerprint density at radius 2 is 1.86 bits per heavy atom. The van der Waals surface area contributed by atoms with E-state index in [-0.39, 0.29) is 23.4 Å². The van der Waals surface area contributed by atoms with Gasteiger partial charge in [-0.2, -0.15) is 0 Å². The Labute approximate surface area is 126 Å². The second-order valence-electron chi connectivity index (χ2n) is 7.17. The number of piperazine rings is 1. The van der Waals surface area contributed by atoms with Crippen LogP contribution in [0.25, 0.3) is 0 Å². The minimum Gasteiger partial charge on any atom is -0.381 e. The second-order valence-corrected chi connectivity index (χ2v) is 7.17. The van der Waals surface area contributed by atoms with Crippen LogP contribution in [-0.2, 0) is 14.3 Å². The molecular formula is C16H26N2O3. The van der Waals surface area contributed by atoms with E-state index in [1.807, 2.05) is 18.7 Å². The smallest absolute Gasteiger partial charge is 0.249 e. The zero-order chi connectivity index (χ0) is 15.3. The fourth-order valence-corrected chi connectivity index (χ4v) is 3.88. The molecule has 0 aromatic heterocycles. The van der Waals surface area contributed by atoms with Gasteiger partial charge in [0.25, 0.3) is 0 Å². The van der Waals surface area contributed by atoms with Crippen LogP contribution < -0.4 is 5.32 Å². The average Bonchev–Trinajstić information content (AvgIpc) is 3.28. The van der Waals surface area contributed by atoms with Crippen LogP contribution in [0.3, 0.4) is 0 Å². The standard InChI is InChI=1S/C16H26N2O3/c1-4-12-13(19)17-16(3,11-5-6-11)14(20)18(12)15(2)7-9-21-10-8-15/h11-12H,4-10H2,1-3H3,(H,17,19). The van der Waals surface area contributed by atoms with Crippen LogP contribution in [0, 0.1) is 5.92 Å². The molecule has 118 valence electrons. The maximum Gasteiger partial charge on any atom is 0.249 e. The van der Waals surface area contributed by atoms with E-state index in [1.54, 1.807) is 0 Å². The van der Waals surface area contributed by atoms with E-state index < -0.39 is 5.54 Å². The lowest BCUT2D eigenvalue weighted by molar-refractivity contribution is -0.167. The monoisotopic (exact) mass is 294 g/mol. The van der Waals surface area contributed by atoms with E-state index in [1.165, 1.54) is 0 Å². The molecule has 3 fully saturated rings. The van der Waals surface area contributed by atoms with Crippen molar-refractivity contribution in [3.05, 3.63) is 0 Å². The molecule has 0 bridgehead atoms. The van der Waals surface area contributed by atoms with Crippen LogP contribution in [0.5, 0.6) is 0 Å². The van der Waals surface area contributed by atoms with Gasteiger partial charge in [0.1, 0.15) is 11.6 Å². The first-order valence-corrected chi connectivity index (χ1v) is 8.16. The molecule has 5 heteroatoms. The zero-order valence-corrected chi connectivity index (χ0v) is 13.3. The molecule has 1 aliphatic carbocycles. The van der Waals surface area contributed by atoms with Gasteiger partial charge in [-0.25, -0.2) is 0 Å². The number of carbonyl (C=O) groups is 2. The van der Waals surface area contributed by atoms with Gasteiger partial charge < -0.3 is 15.0 Å². The first-order valence-electron chi connectivity index (χ1n) is 8.16. The predicted octanol–water partition coefficient (Wildman–Crippen LogP) is 1.46. The van der Waals surface area contributed by atoms with Gasteiger partial charge in [0, 0.05) is 18.8 Å². The molecule has 1 N–H and O–H groups in total. The largest absolute Gasteiger partial charge is 0.381 e. The van der Waals surface area contributed by atoms with E-state index in [9.17, 15) is 9.59 Å². The van der Waals surface area contributed by atoms with Crippen LogP contribution in [0.2, 0.25) is 0 Å². The quantitative estimate of drug-likeness (QED) is 0.857. The van der Waals surface area contributed by atoms with Crippen molar-refractivity contribution in [2.75, 3.05) is 13.2 Å². The van der Waals surface area contributed by atoms with Crippen molar-refractivity contribution >= 4 is 11.8 Å². The van der Waals surface area contributed by atoms with E-state index in [0.29, 0.717) is 25.6 Å². The van der Waals surface area contributed by atoms with Crippen molar-refractivity contribution in [1.29, 1.82) is 0 Å². The summed E-state index contributed by atoms with van der Waals surface area (Å²) in [5, 5.41) is 3.03. The van der Waals surface area contributed by atoms with E-state index in [0.717, 1.165) is 25.7 Å². The van der Waals surface area contributed by atoms with Crippen molar-refractivity contribution in [2.45, 2.75) is 70.0 Å². The number of nitrogens with zero attached hydrogens (tertiary/aromatic N) is 1. The maximum absolute atomic E-state index is 13.2. The molecule has 5 nitrogen and oxygen atoms in total. The van der Waals surface area contributed by atoms with E-state index in [4.69, 9.17) is 4.74 Å². The normalized spacial score (nSPS) is 36.5. The van der Waals surface area contributed by atoms with Crippen molar-refractivity contribution < 1.29 is 14.3 Å². The molecular weight excluding hydrogens is 268 g/mol. The fourth-order valence-electron chi connectivity index (χ4n) is 3.88. The van der Waals surface area contributed by atoms with Crippen LogP contribution in [0.1, 0.15) is 52.9 Å². The SMILES string of the molecule is CCC1C(=O)NC(C)(C2CC2)C(=O)N1C1(C)CCOCC1. The van der Waals surface area contributed by atoms with Crippen molar-refractivity contribution in [1.82, 2.24) is 10.2 Å². The van der Waals surface area contributed by atoms with Gasteiger partial charge in [0.15, 0.2) is 0 Å². The van der Waals surface area contributed by atoms with Gasteiger partial charge in [0.05, 0.1) is 0 Å². The van der Waals surface area contributed by atoms with Gasteiger partial charge in [-0.1, -0.05) is 6.92 Å². The number of carbonyl (C=O) groups excluding carboxylic acids is 2. The van der Waals surface area contributed by atoms with Crippen LogP contribution in [-0.4, -0.2) is 47.0 Å². The number of hydrogen-bond acceptors (Lipinski definition) is 3. The molecule has 2 heterocycles. The van der Waals surface area contributed by atoms with Crippen LogP contribution >= 0.6 is 0 Å². The Balaban J connectivity index is 1.96. The molecule has 1 saturated carbocycles. The molecule has 2 amide bonds. The summed E-state index contributed by atoms with van der Waals surface area (Å²) in [5.41, 5.74) is -0.964. The summed E-state index contributed by atoms with van der Waals surface area (Å²) in [4.78, 5) is 27.7. The highest BCUT2D eigenvalue weighted by molar-refractivity contribution is 6.00. The molecule has 0 radical (unpaired) electrons. The van der Waals surface area contributed by atoms with Crippen molar-refractivity contribution in [3.8, 4) is 0 Å². The summed E-state index contributed by atoms with van der Waals surface area (Å²) in [6, 6.07) is -0.340. The highest BCUT2D eigenvalue weighted by Crippen LogP contribution is 2.44. The minimum atomic E-state index is -0.704. The second kappa shape index (κ2) is 4.97. The fraction of sp³-hybridized carbons (Fsp3) is 0.875. The lowest BCUT2D eigenvalue weighted by Gasteiger charge is -2.53. The first kappa shape index (κ1) is 14.8. The summed E-state index contributed by atoms with van der Waals surface area (Å²) in [7, 11) is 0. The molecule has 0 spiro atoms. The topological polar surface area (TPSA) is 58.6 Å². The van der Waals surface area contributed by atoms with E-state index in [2.05, 4.69) is 12.2 Å². The van der Waals surface area contributed by atoms with Gasteiger partial charge in [-0.05, 0) is 51.9 Å². The molecule has 21 heavy (non-hydrogen) atoms. The van der Waals surface area contributed by atoms with Crippen molar-refractivity contribution in [3.63, 3.8) is 0 Å². The maximum atomic E-state index is 13.2. The zero-order valence-electron chi connectivity index (χ0n) is 13.3. The molecule has 2 aliphatic heterocycles. The molecule has 3 rings (SSSR count). The predicted molar refractivity (Wildman–Crippen MR) is 78.7 cm³/mol. The third-order valence-electron chi connectivity index (χ3n) is 5.59. The first-order chi connectivity index (χ1) is 9.92. The molecule has 3 aliphatic rings. The molecule has 2 saturated heterocycles. The third kappa shape index (κ3) is 2.26. The Bertz CT molecular complexity index is 454. The van der Waals surface area contributed by atoms with Gasteiger partial charge in [0.2, 0.25) is 11.8 Å².